The molecule has 5 aromatic carbocycles. The van der Waals surface area contributed by atoms with Gasteiger partial charge in [0.05, 0.1) is 11.7 Å². The fourth-order valence-corrected chi connectivity index (χ4v) is 8.34. The maximum atomic E-state index is 5.30. The number of allylic oxidation sites excluding steroid dienone is 1. The standard InChI is InChI=1S/C36H21N3S/c1-2-10-22-20(7-1)17-18-29-34(22)35-36(40-29)38-30(19-37-35)39-27-15-5-13-25-23-11-3-8-21-9-4-12-24(31(21)23)26-14-6-16-28(39)33(26)32(25)27/h1-5,7-15,17-19H,6,16H2. The summed E-state index contributed by atoms with van der Waals surface area (Å²) in [5.41, 5.74) is 10.2. The van der Waals surface area contributed by atoms with Crippen LogP contribution in [0, 0.1) is 0 Å². The van der Waals surface area contributed by atoms with Crippen molar-refractivity contribution in [1.29, 1.82) is 0 Å². The highest BCUT2D eigenvalue weighted by Crippen LogP contribution is 2.50. The zero-order valence-electron chi connectivity index (χ0n) is 21.5. The van der Waals surface area contributed by atoms with E-state index in [-0.39, 0.29) is 0 Å². The third-order valence-corrected chi connectivity index (χ3v) is 9.91. The van der Waals surface area contributed by atoms with Crippen LogP contribution in [0.2, 0.25) is 0 Å². The van der Waals surface area contributed by atoms with Crippen LogP contribution in [0.15, 0.2) is 103 Å². The summed E-state index contributed by atoms with van der Waals surface area (Å²) in [5.74, 6) is 0.903. The normalized spacial score (nSPS) is 13.9. The molecule has 2 aliphatic rings. The lowest BCUT2D eigenvalue weighted by Crippen LogP contribution is -2.07. The molecule has 8 aromatic rings. The van der Waals surface area contributed by atoms with Crippen molar-refractivity contribution < 1.29 is 0 Å². The number of hydrogen-bond acceptors (Lipinski definition) is 3. The van der Waals surface area contributed by atoms with E-state index in [1.54, 1.807) is 11.3 Å². The molecule has 0 saturated carbocycles. The molecule has 0 aliphatic heterocycles. The predicted octanol–water partition coefficient (Wildman–Crippen LogP) is 9.45. The topological polar surface area (TPSA) is 30.7 Å². The van der Waals surface area contributed by atoms with Crippen LogP contribution in [-0.4, -0.2) is 14.5 Å². The highest BCUT2D eigenvalue weighted by molar-refractivity contribution is 7.25. The monoisotopic (exact) mass is 527 g/mol. The summed E-state index contributed by atoms with van der Waals surface area (Å²) < 4.78 is 3.63. The molecule has 0 unspecified atom stereocenters. The molecule has 0 spiro atoms. The van der Waals surface area contributed by atoms with E-state index in [9.17, 15) is 0 Å². The van der Waals surface area contributed by atoms with E-state index in [4.69, 9.17) is 9.97 Å². The SMILES string of the molecule is C1=C2c3cccc4cccc(c34)-c3cccc4c3c2c(n4-c2cnc3c(n2)sc2ccc4ccccc4c23)CC1. The second kappa shape index (κ2) is 7.44. The number of thiophene rings is 1. The zero-order chi connectivity index (χ0) is 25.9. The average molecular weight is 528 g/mol. The molecule has 0 bridgehead atoms. The van der Waals surface area contributed by atoms with E-state index in [0.29, 0.717) is 0 Å². The van der Waals surface area contributed by atoms with Crippen LogP contribution in [-0.2, 0) is 6.42 Å². The third-order valence-electron chi connectivity index (χ3n) is 8.87. The molecule has 186 valence electrons. The Morgan fingerprint density at radius 3 is 2.42 bits per heavy atom. The first-order chi connectivity index (χ1) is 19.8. The van der Waals surface area contributed by atoms with Crippen molar-refractivity contribution in [3.8, 4) is 16.9 Å². The van der Waals surface area contributed by atoms with Crippen molar-refractivity contribution >= 4 is 69.8 Å². The molecule has 2 aliphatic carbocycles. The first-order valence-electron chi connectivity index (χ1n) is 13.8. The van der Waals surface area contributed by atoms with Crippen molar-refractivity contribution in [2.45, 2.75) is 12.8 Å². The van der Waals surface area contributed by atoms with Gasteiger partial charge in [-0.3, -0.25) is 4.57 Å². The minimum absolute atomic E-state index is 0.903. The second-order valence-corrected chi connectivity index (χ2v) is 11.9. The van der Waals surface area contributed by atoms with Crippen LogP contribution in [0.25, 0.3) is 75.4 Å². The largest absolute Gasteiger partial charge is 0.296 e. The number of benzene rings is 5. The summed E-state index contributed by atoms with van der Waals surface area (Å²) in [6.45, 7) is 0. The molecule has 0 radical (unpaired) electrons. The van der Waals surface area contributed by atoms with Gasteiger partial charge >= 0.3 is 0 Å². The molecule has 4 heteroatoms. The smallest absolute Gasteiger partial charge is 0.157 e. The fourth-order valence-electron chi connectivity index (χ4n) is 7.29. The minimum Gasteiger partial charge on any atom is -0.296 e. The maximum absolute atomic E-state index is 5.30. The highest BCUT2D eigenvalue weighted by atomic mass is 32.1. The third kappa shape index (κ3) is 2.55. The van der Waals surface area contributed by atoms with Gasteiger partial charge < -0.3 is 0 Å². The fraction of sp³-hybridized carbons (Fsp3) is 0.0556. The minimum atomic E-state index is 0.903. The number of aromatic nitrogens is 3. The Balaban J connectivity index is 1.31. The van der Waals surface area contributed by atoms with Crippen LogP contribution in [0.1, 0.15) is 23.2 Å². The Bertz CT molecular complexity index is 2430. The summed E-state index contributed by atoms with van der Waals surface area (Å²) >= 11 is 1.74. The summed E-state index contributed by atoms with van der Waals surface area (Å²) in [6.07, 6.45) is 6.43. The van der Waals surface area contributed by atoms with Crippen molar-refractivity contribution in [2.75, 3.05) is 0 Å². The summed E-state index contributed by atoms with van der Waals surface area (Å²) in [5, 5.41) is 7.68. The Labute approximate surface area is 233 Å². The number of nitrogens with zero attached hydrogens (tertiary/aromatic N) is 3. The highest BCUT2D eigenvalue weighted by Gasteiger charge is 2.30. The van der Waals surface area contributed by atoms with Gasteiger partial charge in [-0.2, -0.15) is 0 Å². The molecule has 0 N–H and O–H groups in total. The average Bonchev–Trinajstić information content (AvgIpc) is 3.52. The molecule has 0 atom stereocenters. The molecular formula is C36H21N3S. The van der Waals surface area contributed by atoms with Gasteiger partial charge in [-0.25, -0.2) is 9.97 Å². The second-order valence-electron chi connectivity index (χ2n) is 10.9. The first kappa shape index (κ1) is 21.1. The summed E-state index contributed by atoms with van der Waals surface area (Å²) in [4.78, 5) is 11.4. The van der Waals surface area contributed by atoms with Crippen LogP contribution in [0.3, 0.4) is 0 Å². The molecule has 0 amide bonds. The zero-order valence-corrected chi connectivity index (χ0v) is 22.3. The number of hydrogen-bond donors (Lipinski definition) is 0. The lowest BCUT2D eigenvalue weighted by molar-refractivity contribution is 0.868. The number of fused-ring (bicyclic) bond motifs is 7. The Morgan fingerprint density at radius 1 is 0.700 bits per heavy atom. The molecule has 40 heavy (non-hydrogen) atoms. The van der Waals surface area contributed by atoms with Gasteiger partial charge in [0.2, 0.25) is 0 Å². The Kier molecular flexibility index (Phi) is 3.92. The van der Waals surface area contributed by atoms with Crippen molar-refractivity contribution in [3.63, 3.8) is 0 Å². The van der Waals surface area contributed by atoms with E-state index in [0.717, 1.165) is 29.0 Å². The summed E-state index contributed by atoms with van der Waals surface area (Å²) in [7, 11) is 0. The van der Waals surface area contributed by atoms with Crippen molar-refractivity contribution in [3.05, 3.63) is 120 Å². The van der Waals surface area contributed by atoms with Gasteiger partial charge in [0.25, 0.3) is 0 Å². The predicted molar refractivity (Wildman–Crippen MR) is 168 cm³/mol. The molecule has 3 heterocycles. The lowest BCUT2D eigenvalue weighted by Gasteiger charge is -2.18. The van der Waals surface area contributed by atoms with E-state index in [1.165, 1.54) is 76.1 Å². The molecule has 3 aromatic heterocycles. The van der Waals surface area contributed by atoms with Gasteiger partial charge in [-0.1, -0.05) is 84.9 Å². The number of rotatable bonds is 1. The van der Waals surface area contributed by atoms with E-state index in [1.807, 2.05) is 6.20 Å². The maximum Gasteiger partial charge on any atom is 0.157 e. The Morgan fingerprint density at radius 2 is 1.50 bits per heavy atom. The lowest BCUT2D eigenvalue weighted by atomic mass is 9.88. The van der Waals surface area contributed by atoms with Gasteiger partial charge in [0.1, 0.15) is 10.3 Å². The molecule has 0 fully saturated rings. The first-order valence-corrected chi connectivity index (χ1v) is 14.6. The van der Waals surface area contributed by atoms with Gasteiger partial charge in [0, 0.05) is 26.7 Å². The van der Waals surface area contributed by atoms with Crippen molar-refractivity contribution in [2.24, 2.45) is 0 Å². The van der Waals surface area contributed by atoms with Crippen LogP contribution >= 0.6 is 11.3 Å². The van der Waals surface area contributed by atoms with Crippen LogP contribution < -0.4 is 0 Å². The molecular weight excluding hydrogens is 506 g/mol. The van der Waals surface area contributed by atoms with E-state index >= 15 is 0 Å². The molecule has 10 rings (SSSR count). The molecule has 3 nitrogen and oxygen atoms in total. The van der Waals surface area contributed by atoms with Gasteiger partial charge in [0.15, 0.2) is 5.82 Å². The van der Waals surface area contributed by atoms with E-state index in [2.05, 4.69) is 102 Å². The van der Waals surface area contributed by atoms with Crippen LogP contribution in [0.4, 0.5) is 0 Å². The molecule has 0 saturated heterocycles. The van der Waals surface area contributed by atoms with Crippen LogP contribution in [0.5, 0.6) is 0 Å². The quantitative estimate of drug-likeness (QED) is 0.213. The summed E-state index contributed by atoms with van der Waals surface area (Å²) in [6, 6.07) is 33.2. The Hall–Kier alpha value is -4.80. The van der Waals surface area contributed by atoms with E-state index < -0.39 is 0 Å². The van der Waals surface area contributed by atoms with Gasteiger partial charge in [-0.15, -0.1) is 11.3 Å². The van der Waals surface area contributed by atoms with Crippen molar-refractivity contribution in [1.82, 2.24) is 14.5 Å². The van der Waals surface area contributed by atoms with Gasteiger partial charge in [-0.05, 0) is 68.8 Å².